The first-order valence-electron chi connectivity index (χ1n) is 9.75. The fraction of sp³-hybridized carbons (Fsp3) is 0.364. The van der Waals surface area contributed by atoms with Crippen molar-refractivity contribution in [3.8, 4) is 0 Å². The minimum Gasteiger partial charge on any atom is -0.356 e. The third kappa shape index (κ3) is 5.42. The molecule has 2 aromatic carbocycles. The molecule has 0 amide bonds. The van der Waals surface area contributed by atoms with Gasteiger partial charge in [-0.15, -0.1) is 0 Å². The van der Waals surface area contributed by atoms with Gasteiger partial charge in [-0.1, -0.05) is 60.7 Å². The molecule has 0 radical (unpaired) electrons. The second kappa shape index (κ2) is 9.85. The van der Waals surface area contributed by atoms with E-state index < -0.39 is 0 Å². The van der Waals surface area contributed by atoms with Gasteiger partial charge in [0, 0.05) is 26.2 Å². The third-order valence-corrected chi connectivity index (χ3v) is 5.89. The van der Waals surface area contributed by atoms with Crippen LogP contribution >= 0.6 is 24.4 Å². The van der Waals surface area contributed by atoms with Crippen molar-refractivity contribution in [3.05, 3.63) is 71.8 Å². The third-order valence-electron chi connectivity index (χ3n) is 5.13. The van der Waals surface area contributed by atoms with Crippen LogP contribution in [-0.2, 0) is 0 Å². The Morgan fingerprint density at radius 1 is 0.679 bits per heavy atom. The molecular weight excluding hydrogens is 384 g/mol. The second-order valence-corrected chi connectivity index (χ2v) is 7.91. The molecular formula is C22H28N4S2. The highest BCUT2D eigenvalue weighted by Gasteiger charge is 2.22. The summed E-state index contributed by atoms with van der Waals surface area (Å²) in [5.74, 6) is 0. The highest BCUT2D eigenvalue weighted by atomic mass is 32.1. The van der Waals surface area contributed by atoms with Crippen LogP contribution in [0.15, 0.2) is 60.7 Å². The normalized spacial score (nSPS) is 16.2. The lowest BCUT2D eigenvalue weighted by Gasteiger charge is -2.38. The lowest BCUT2D eigenvalue weighted by atomic mass is 10.1. The summed E-state index contributed by atoms with van der Waals surface area (Å²) in [5, 5.41) is 8.53. The van der Waals surface area contributed by atoms with E-state index in [1.807, 2.05) is 12.1 Å². The molecule has 0 spiro atoms. The van der Waals surface area contributed by atoms with Crippen LogP contribution in [0.25, 0.3) is 0 Å². The fourth-order valence-corrected chi connectivity index (χ4v) is 4.03. The summed E-state index contributed by atoms with van der Waals surface area (Å²) < 4.78 is 0. The van der Waals surface area contributed by atoms with Gasteiger partial charge in [-0.25, -0.2) is 0 Å². The zero-order valence-electron chi connectivity index (χ0n) is 16.5. The van der Waals surface area contributed by atoms with E-state index >= 15 is 0 Å². The zero-order valence-corrected chi connectivity index (χ0v) is 18.1. The second-order valence-electron chi connectivity index (χ2n) is 7.14. The Hall–Kier alpha value is -2.18. The van der Waals surface area contributed by atoms with E-state index in [1.165, 1.54) is 11.1 Å². The zero-order chi connectivity index (χ0) is 19.9. The molecule has 1 heterocycles. The number of piperazine rings is 1. The highest BCUT2D eigenvalue weighted by molar-refractivity contribution is 7.80. The summed E-state index contributed by atoms with van der Waals surface area (Å²) in [6.07, 6.45) is 0. The Bertz CT molecular complexity index is 706. The van der Waals surface area contributed by atoms with Crippen molar-refractivity contribution in [2.75, 3.05) is 26.2 Å². The lowest BCUT2D eigenvalue weighted by molar-refractivity contribution is 0.252. The van der Waals surface area contributed by atoms with Crippen molar-refractivity contribution in [1.82, 2.24) is 20.4 Å². The van der Waals surface area contributed by atoms with Crippen molar-refractivity contribution < 1.29 is 0 Å². The van der Waals surface area contributed by atoms with Crippen molar-refractivity contribution in [3.63, 3.8) is 0 Å². The van der Waals surface area contributed by atoms with Gasteiger partial charge < -0.3 is 20.4 Å². The summed E-state index contributed by atoms with van der Waals surface area (Å²) >= 11 is 11.3. The monoisotopic (exact) mass is 412 g/mol. The summed E-state index contributed by atoms with van der Waals surface area (Å²) in [6.45, 7) is 7.76. The molecule has 2 N–H and O–H groups in total. The molecule has 28 heavy (non-hydrogen) atoms. The van der Waals surface area contributed by atoms with E-state index in [0.29, 0.717) is 0 Å². The molecule has 0 bridgehead atoms. The molecule has 0 aromatic heterocycles. The largest absolute Gasteiger partial charge is 0.356 e. The molecule has 1 fully saturated rings. The van der Waals surface area contributed by atoms with Crippen LogP contribution < -0.4 is 10.6 Å². The lowest BCUT2D eigenvalue weighted by Crippen LogP contribution is -2.55. The summed E-state index contributed by atoms with van der Waals surface area (Å²) in [7, 11) is 0. The first kappa shape index (κ1) is 20.6. The van der Waals surface area contributed by atoms with Gasteiger partial charge in [0.15, 0.2) is 10.2 Å². The Labute approximate surface area is 178 Å². The van der Waals surface area contributed by atoms with Crippen LogP contribution in [0.5, 0.6) is 0 Å². The van der Waals surface area contributed by atoms with Gasteiger partial charge in [-0.2, -0.15) is 0 Å². The molecule has 1 saturated heterocycles. The van der Waals surface area contributed by atoms with Gasteiger partial charge in [0.1, 0.15) is 0 Å². The molecule has 148 valence electrons. The van der Waals surface area contributed by atoms with Crippen molar-refractivity contribution in [2.24, 2.45) is 0 Å². The van der Waals surface area contributed by atoms with Crippen LogP contribution in [-0.4, -0.2) is 46.2 Å². The van der Waals surface area contributed by atoms with Crippen LogP contribution in [0.4, 0.5) is 0 Å². The molecule has 3 rings (SSSR count). The van der Waals surface area contributed by atoms with Crippen molar-refractivity contribution >= 4 is 34.7 Å². The maximum absolute atomic E-state index is 5.64. The molecule has 0 unspecified atom stereocenters. The first-order valence-corrected chi connectivity index (χ1v) is 10.6. The molecule has 1 aliphatic heterocycles. The predicted octanol–water partition coefficient (Wildman–Crippen LogP) is 3.88. The van der Waals surface area contributed by atoms with Gasteiger partial charge in [-0.3, -0.25) is 0 Å². The molecule has 0 aliphatic carbocycles. The standard InChI is InChI=1S/C22H28N4S2/c1-17(19-9-5-3-6-10-19)23-21(27)25-13-15-26(16-14-25)22(28)24-18(2)20-11-7-4-8-12-20/h3-12,17-18H,13-16H2,1-2H3,(H,23,27)(H,24,28)/t17-,18-/m1/s1. The molecule has 0 saturated carbocycles. The minimum absolute atomic E-state index is 0.196. The average molecular weight is 413 g/mol. The fourth-order valence-electron chi connectivity index (χ4n) is 3.32. The quantitative estimate of drug-likeness (QED) is 0.742. The maximum atomic E-state index is 5.64. The van der Waals surface area contributed by atoms with E-state index in [4.69, 9.17) is 24.4 Å². The van der Waals surface area contributed by atoms with Crippen LogP contribution in [0, 0.1) is 0 Å². The number of nitrogens with zero attached hydrogens (tertiary/aromatic N) is 2. The number of nitrogens with one attached hydrogen (secondary N) is 2. The van der Waals surface area contributed by atoms with Crippen molar-refractivity contribution in [2.45, 2.75) is 25.9 Å². The molecule has 2 atom stereocenters. The molecule has 2 aromatic rings. The minimum atomic E-state index is 0.196. The smallest absolute Gasteiger partial charge is 0.169 e. The van der Waals surface area contributed by atoms with Gasteiger partial charge in [0.25, 0.3) is 0 Å². The predicted molar refractivity (Wildman–Crippen MR) is 124 cm³/mol. The summed E-state index contributed by atoms with van der Waals surface area (Å²) in [6, 6.07) is 21.2. The van der Waals surface area contributed by atoms with Crippen LogP contribution in [0.1, 0.15) is 37.1 Å². The van der Waals surface area contributed by atoms with Crippen LogP contribution in [0.3, 0.4) is 0 Å². The molecule has 6 heteroatoms. The number of hydrogen-bond donors (Lipinski definition) is 2. The Kier molecular flexibility index (Phi) is 7.23. The van der Waals surface area contributed by atoms with Crippen LogP contribution in [0.2, 0.25) is 0 Å². The molecule has 1 aliphatic rings. The van der Waals surface area contributed by atoms with Gasteiger partial charge >= 0.3 is 0 Å². The van der Waals surface area contributed by atoms with E-state index in [9.17, 15) is 0 Å². The average Bonchev–Trinajstić information content (AvgIpc) is 2.75. The number of benzene rings is 2. The van der Waals surface area contributed by atoms with Gasteiger partial charge in [0.2, 0.25) is 0 Å². The first-order chi connectivity index (χ1) is 13.5. The Morgan fingerprint density at radius 3 is 1.32 bits per heavy atom. The number of thiocarbonyl (C=S) groups is 2. The van der Waals surface area contributed by atoms with E-state index in [0.717, 1.165) is 36.4 Å². The van der Waals surface area contributed by atoms with E-state index in [1.54, 1.807) is 0 Å². The van der Waals surface area contributed by atoms with E-state index in [2.05, 4.69) is 82.8 Å². The molecule has 4 nitrogen and oxygen atoms in total. The Balaban J connectivity index is 1.46. The SMILES string of the molecule is C[C@@H](NC(=S)N1CCN(C(=S)N[C@H](C)c2ccccc2)CC1)c1ccccc1. The van der Waals surface area contributed by atoms with Crippen molar-refractivity contribution in [1.29, 1.82) is 0 Å². The maximum Gasteiger partial charge on any atom is 0.169 e. The van der Waals surface area contributed by atoms with Gasteiger partial charge in [-0.05, 0) is 49.4 Å². The highest BCUT2D eigenvalue weighted by Crippen LogP contribution is 2.14. The topological polar surface area (TPSA) is 30.5 Å². The van der Waals surface area contributed by atoms with E-state index in [-0.39, 0.29) is 12.1 Å². The summed E-state index contributed by atoms with van der Waals surface area (Å²) in [4.78, 5) is 4.46. The number of hydrogen-bond acceptors (Lipinski definition) is 2. The van der Waals surface area contributed by atoms with Gasteiger partial charge in [0.05, 0.1) is 12.1 Å². The number of rotatable bonds is 4. The Morgan fingerprint density at radius 2 is 1.00 bits per heavy atom. The summed E-state index contributed by atoms with van der Waals surface area (Å²) in [5.41, 5.74) is 2.48.